The van der Waals surface area contributed by atoms with Crippen molar-refractivity contribution >= 4 is 29.0 Å². The van der Waals surface area contributed by atoms with Gasteiger partial charge in [-0.1, -0.05) is 0 Å². The number of aliphatic hydroxyl groups is 3. The maximum Gasteiger partial charge on any atom is 0.183 e. The highest BCUT2D eigenvalue weighted by molar-refractivity contribution is 6.16. The second-order valence-electron chi connectivity index (χ2n) is 6.73. The first kappa shape index (κ1) is 17.8. The molecule has 2 aliphatic rings. The highest BCUT2D eigenvalue weighted by Gasteiger charge is 2.44. The van der Waals surface area contributed by atoms with Gasteiger partial charge in [-0.2, -0.15) is 5.10 Å². The van der Waals surface area contributed by atoms with Crippen LogP contribution in [0.5, 0.6) is 0 Å². The van der Waals surface area contributed by atoms with Crippen LogP contribution in [-0.2, 0) is 4.74 Å². The van der Waals surface area contributed by atoms with Crippen molar-refractivity contribution in [2.45, 2.75) is 24.5 Å². The number of hydrogen-bond donors (Lipinski definition) is 3. The second kappa shape index (κ2) is 6.53. The van der Waals surface area contributed by atoms with Gasteiger partial charge in [-0.15, -0.1) is 0 Å². The Bertz CT molecular complexity index is 925. The number of aliphatic hydroxyl groups excluding tert-OH is 3. The Balaban J connectivity index is 1.86. The van der Waals surface area contributed by atoms with Crippen LogP contribution in [0.3, 0.4) is 0 Å². The maximum atomic E-state index is 10.4. The zero-order valence-electron chi connectivity index (χ0n) is 15.1. The minimum atomic E-state index is -1.21. The lowest BCUT2D eigenvalue weighted by Gasteiger charge is -2.19. The number of anilines is 1. The molecule has 4 atom stereocenters. The minimum absolute atomic E-state index is 0.399. The molecule has 2 aliphatic heterocycles. The fraction of sp³-hybridized carbons (Fsp3) is 0.500. The van der Waals surface area contributed by atoms with E-state index >= 15 is 0 Å². The van der Waals surface area contributed by atoms with Crippen molar-refractivity contribution in [3.8, 4) is 0 Å². The van der Waals surface area contributed by atoms with Gasteiger partial charge in [0.25, 0.3) is 0 Å². The summed E-state index contributed by atoms with van der Waals surface area (Å²) in [5.41, 5.74) is 1.21. The number of hydrogen-bond acceptors (Lipinski definition) is 9. The first-order chi connectivity index (χ1) is 12.9. The Morgan fingerprint density at radius 3 is 2.74 bits per heavy atom. The molecule has 3 N–H and O–H groups in total. The SMILES string of the molecule is CN(C)C=NC1=NN(C)c2ncnc3c2c1cn3C1OC(CO)C(O)C1O. The highest BCUT2D eigenvalue weighted by atomic mass is 16.6. The number of rotatable bonds is 3. The molecule has 1 fully saturated rings. The summed E-state index contributed by atoms with van der Waals surface area (Å²) in [6.07, 6.45) is 0.569. The van der Waals surface area contributed by atoms with Crippen molar-refractivity contribution in [3.63, 3.8) is 0 Å². The third kappa shape index (κ3) is 2.75. The zero-order valence-corrected chi connectivity index (χ0v) is 15.1. The Kier molecular flexibility index (Phi) is 4.30. The van der Waals surface area contributed by atoms with Gasteiger partial charge in [0.15, 0.2) is 17.9 Å². The molecule has 144 valence electrons. The summed E-state index contributed by atoms with van der Waals surface area (Å²) in [4.78, 5) is 14.8. The van der Waals surface area contributed by atoms with Gasteiger partial charge >= 0.3 is 0 Å². The molecule has 4 heterocycles. The molecule has 0 bridgehead atoms. The summed E-state index contributed by atoms with van der Waals surface area (Å²) in [5.74, 6) is 1.06. The van der Waals surface area contributed by atoms with Gasteiger partial charge < -0.3 is 29.5 Å². The molecule has 4 rings (SSSR count). The van der Waals surface area contributed by atoms with Crippen LogP contribution in [0.25, 0.3) is 11.0 Å². The monoisotopic (exact) mass is 375 g/mol. The Morgan fingerprint density at radius 1 is 1.30 bits per heavy atom. The van der Waals surface area contributed by atoms with Crippen molar-refractivity contribution in [1.29, 1.82) is 0 Å². The largest absolute Gasteiger partial charge is 0.394 e. The lowest BCUT2D eigenvalue weighted by Crippen LogP contribution is -2.33. The van der Waals surface area contributed by atoms with E-state index in [0.717, 1.165) is 5.39 Å². The summed E-state index contributed by atoms with van der Waals surface area (Å²) >= 11 is 0. The molecule has 2 aromatic rings. The minimum Gasteiger partial charge on any atom is -0.394 e. The van der Waals surface area contributed by atoms with E-state index in [9.17, 15) is 15.3 Å². The standard InChI is InChI=1S/C16H21N7O4/c1-21(2)7-19-13-8-4-23(16-12(26)11(25)9(5-24)27-16)15-10(8)14(17-6-18-15)22(3)20-13/h4,6-7,9,11-12,16,24-26H,5H2,1-3H3. The normalized spacial score (nSPS) is 27.6. The maximum absolute atomic E-state index is 10.4. The van der Waals surface area contributed by atoms with Crippen LogP contribution in [0.2, 0.25) is 0 Å². The highest BCUT2D eigenvalue weighted by Crippen LogP contribution is 2.37. The first-order valence-corrected chi connectivity index (χ1v) is 8.43. The third-order valence-electron chi connectivity index (χ3n) is 4.58. The third-order valence-corrected chi connectivity index (χ3v) is 4.58. The summed E-state index contributed by atoms with van der Waals surface area (Å²) in [7, 11) is 5.47. The second-order valence-corrected chi connectivity index (χ2v) is 6.73. The number of aromatic nitrogens is 3. The van der Waals surface area contributed by atoms with Crippen LogP contribution in [0.4, 0.5) is 5.82 Å². The van der Waals surface area contributed by atoms with Gasteiger partial charge in [0, 0.05) is 27.3 Å². The lowest BCUT2D eigenvalue weighted by molar-refractivity contribution is -0.0508. The van der Waals surface area contributed by atoms with Gasteiger partial charge in [0.2, 0.25) is 0 Å². The lowest BCUT2D eigenvalue weighted by atomic mass is 10.1. The van der Waals surface area contributed by atoms with E-state index in [1.165, 1.54) is 6.33 Å². The van der Waals surface area contributed by atoms with Crippen LogP contribution >= 0.6 is 0 Å². The smallest absolute Gasteiger partial charge is 0.183 e. The molecule has 0 radical (unpaired) electrons. The van der Waals surface area contributed by atoms with E-state index in [0.29, 0.717) is 22.9 Å². The summed E-state index contributed by atoms with van der Waals surface area (Å²) in [5, 5.41) is 36.6. The average molecular weight is 375 g/mol. The van der Waals surface area contributed by atoms with Crippen molar-refractivity contribution in [2.75, 3.05) is 32.8 Å². The summed E-state index contributed by atoms with van der Waals surface area (Å²) in [6.45, 7) is -0.399. The predicted octanol–water partition coefficient (Wildman–Crippen LogP) is -1.26. The molecule has 11 heteroatoms. The number of ether oxygens (including phenoxy) is 1. The van der Waals surface area contributed by atoms with Gasteiger partial charge in [0.1, 0.15) is 30.3 Å². The van der Waals surface area contributed by atoms with Gasteiger partial charge in [-0.3, -0.25) is 0 Å². The molecule has 4 unspecified atom stereocenters. The fourth-order valence-electron chi connectivity index (χ4n) is 3.30. The average Bonchev–Trinajstić information content (AvgIpc) is 3.16. The van der Waals surface area contributed by atoms with Gasteiger partial charge in [0.05, 0.1) is 23.9 Å². The number of nitrogens with zero attached hydrogens (tertiary/aromatic N) is 7. The van der Waals surface area contributed by atoms with E-state index in [4.69, 9.17) is 4.74 Å². The van der Waals surface area contributed by atoms with E-state index in [-0.39, 0.29) is 0 Å². The van der Waals surface area contributed by atoms with E-state index < -0.39 is 31.1 Å². The predicted molar refractivity (Wildman–Crippen MR) is 97.7 cm³/mol. The molecule has 0 saturated carbocycles. The Morgan fingerprint density at radius 2 is 2.07 bits per heavy atom. The number of hydrazone groups is 1. The molecule has 0 aliphatic carbocycles. The summed E-state index contributed by atoms with van der Waals surface area (Å²) in [6, 6.07) is 0. The summed E-state index contributed by atoms with van der Waals surface area (Å²) < 4.78 is 7.28. The first-order valence-electron chi connectivity index (χ1n) is 8.43. The molecule has 1 saturated heterocycles. The number of aliphatic imine (C=N–C) groups is 1. The quantitative estimate of drug-likeness (QED) is 0.448. The Hall–Kier alpha value is -2.60. The van der Waals surface area contributed by atoms with Crippen molar-refractivity contribution in [2.24, 2.45) is 10.1 Å². The Labute approximate surface area is 154 Å². The molecule has 0 aromatic carbocycles. The molecule has 0 spiro atoms. The molecule has 11 nitrogen and oxygen atoms in total. The van der Waals surface area contributed by atoms with Crippen LogP contribution in [0.1, 0.15) is 11.8 Å². The topological polar surface area (TPSA) is 132 Å². The molecular weight excluding hydrogens is 354 g/mol. The fourth-order valence-corrected chi connectivity index (χ4v) is 3.30. The zero-order chi connectivity index (χ0) is 19.3. The molecule has 0 amide bonds. The van der Waals surface area contributed by atoms with Crippen molar-refractivity contribution in [3.05, 3.63) is 18.1 Å². The van der Waals surface area contributed by atoms with Crippen molar-refractivity contribution in [1.82, 2.24) is 19.4 Å². The molecule has 2 aromatic heterocycles. The van der Waals surface area contributed by atoms with E-state index in [1.54, 1.807) is 34.1 Å². The van der Waals surface area contributed by atoms with E-state index in [2.05, 4.69) is 20.1 Å². The van der Waals surface area contributed by atoms with Crippen LogP contribution in [0, 0.1) is 0 Å². The molecule has 27 heavy (non-hydrogen) atoms. The van der Waals surface area contributed by atoms with Gasteiger partial charge in [-0.05, 0) is 0 Å². The van der Waals surface area contributed by atoms with E-state index in [1.807, 2.05) is 14.1 Å². The van der Waals surface area contributed by atoms with Crippen LogP contribution in [-0.4, -0.2) is 93.0 Å². The van der Waals surface area contributed by atoms with Crippen LogP contribution in [0.15, 0.2) is 22.6 Å². The number of amidine groups is 1. The van der Waals surface area contributed by atoms with Crippen molar-refractivity contribution < 1.29 is 20.1 Å². The van der Waals surface area contributed by atoms with Crippen LogP contribution < -0.4 is 5.01 Å². The van der Waals surface area contributed by atoms with Gasteiger partial charge in [-0.25, -0.2) is 20.0 Å². The molecular formula is C16H21N7O4.